The maximum absolute atomic E-state index is 4.54. The number of aromatic amines is 1. The summed E-state index contributed by atoms with van der Waals surface area (Å²) in [7, 11) is 0. The Hall–Kier alpha value is -1.58. The van der Waals surface area contributed by atoms with E-state index in [2.05, 4.69) is 26.1 Å². The van der Waals surface area contributed by atoms with Crippen molar-refractivity contribution in [2.45, 2.75) is 0 Å². The van der Waals surface area contributed by atoms with E-state index >= 15 is 0 Å². The van der Waals surface area contributed by atoms with Crippen LogP contribution in [0.1, 0.15) is 0 Å². The smallest absolute Gasteiger partial charge is 0.152 e. The van der Waals surface area contributed by atoms with Crippen LogP contribution in [-0.2, 0) is 0 Å². The molecule has 2 rings (SSSR count). The van der Waals surface area contributed by atoms with Gasteiger partial charge in [0.1, 0.15) is 5.69 Å². The Balaban J connectivity index is 2.48. The van der Waals surface area contributed by atoms with Gasteiger partial charge in [0.2, 0.25) is 0 Å². The van der Waals surface area contributed by atoms with Gasteiger partial charge in [-0.15, -0.1) is 5.10 Å². The Morgan fingerprint density at radius 1 is 1.60 bits per heavy atom. The molecule has 10 heavy (non-hydrogen) atoms. The largest absolute Gasteiger partial charge is 0.359 e. The molecule has 0 atom stereocenters. The zero-order valence-electron chi connectivity index (χ0n) is 5.03. The van der Waals surface area contributed by atoms with Gasteiger partial charge in [0.05, 0.1) is 6.20 Å². The highest BCUT2D eigenvalue weighted by Gasteiger charge is 2.00. The molecule has 0 aliphatic rings. The van der Waals surface area contributed by atoms with E-state index in [9.17, 15) is 0 Å². The van der Waals surface area contributed by atoms with E-state index in [1.807, 2.05) is 6.07 Å². The van der Waals surface area contributed by atoms with Crippen LogP contribution in [0, 0.1) is 6.20 Å². The summed E-state index contributed by atoms with van der Waals surface area (Å²) in [5.41, 5.74) is 1.56. The van der Waals surface area contributed by atoms with Gasteiger partial charge in [-0.2, -0.15) is 0 Å². The van der Waals surface area contributed by atoms with E-state index in [1.165, 1.54) is 6.26 Å². The molecule has 0 aliphatic heterocycles. The van der Waals surface area contributed by atoms with E-state index in [4.69, 9.17) is 0 Å². The van der Waals surface area contributed by atoms with Crippen LogP contribution in [0.4, 0.5) is 0 Å². The Morgan fingerprint density at radius 3 is 3.20 bits per heavy atom. The monoisotopic (exact) mass is 134 g/mol. The minimum Gasteiger partial charge on any atom is -0.359 e. The SMILES string of the molecule is [c]1[nH]ccc1-c1conn1. The van der Waals surface area contributed by atoms with Crippen LogP contribution >= 0.6 is 0 Å². The van der Waals surface area contributed by atoms with Gasteiger partial charge >= 0.3 is 0 Å². The number of nitrogens with zero attached hydrogens (tertiary/aromatic N) is 2. The molecule has 0 saturated carbocycles. The second kappa shape index (κ2) is 1.98. The van der Waals surface area contributed by atoms with Crippen LogP contribution in [0.5, 0.6) is 0 Å². The highest BCUT2D eigenvalue weighted by Crippen LogP contribution is 2.12. The summed E-state index contributed by atoms with van der Waals surface area (Å²) in [5.74, 6) is 0. The Kier molecular flexibility index (Phi) is 1.04. The Morgan fingerprint density at radius 2 is 2.60 bits per heavy atom. The zero-order valence-corrected chi connectivity index (χ0v) is 5.03. The molecule has 0 bridgehead atoms. The summed E-state index contributed by atoms with van der Waals surface area (Å²) in [6, 6.07) is 1.85. The standard InChI is InChI=1S/C6H4N3O/c1-2-7-3-5(1)6-4-10-9-8-6/h1-2,4,7H. The van der Waals surface area contributed by atoms with E-state index < -0.39 is 0 Å². The second-order valence-electron chi connectivity index (χ2n) is 1.81. The minimum atomic E-state index is 0.696. The molecule has 0 amide bonds. The summed E-state index contributed by atoms with van der Waals surface area (Å²) in [5, 5.41) is 7.01. The molecule has 0 unspecified atom stereocenters. The van der Waals surface area contributed by atoms with E-state index in [0.717, 1.165) is 5.56 Å². The Labute approximate surface area is 56.9 Å². The van der Waals surface area contributed by atoms with Crippen LogP contribution in [0.25, 0.3) is 11.3 Å². The van der Waals surface area contributed by atoms with Crippen molar-refractivity contribution in [3.63, 3.8) is 0 Å². The van der Waals surface area contributed by atoms with Crippen molar-refractivity contribution in [1.29, 1.82) is 0 Å². The second-order valence-corrected chi connectivity index (χ2v) is 1.81. The number of hydrogen-bond acceptors (Lipinski definition) is 3. The molecular formula is C6H4N3O. The molecule has 0 aliphatic carbocycles. The number of nitrogens with one attached hydrogen (secondary N) is 1. The number of rotatable bonds is 1. The first-order chi connectivity index (χ1) is 4.97. The van der Waals surface area contributed by atoms with Crippen molar-refractivity contribution in [1.82, 2.24) is 15.4 Å². The van der Waals surface area contributed by atoms with Crippen LogP contribution in [0.3, 0.4) is 0 Å². The quantitative estimate of drug-likeness (QED) is 0.629. The lowest BCUT2D eigenvalue weighted by molar-refractivity contribution is 0.393. The maximum Gasteiger partial charge on any atom is 0.152 e. The van der Waals surface area contributed by atoms with Crippen molar-refractivity contribution in [2.75, 3.05) is 0 Å². The predicted molar refractivity (Wildman–Crippen MR) is 32.9 cm³/mol. The van der Waals surface area contributed by atoms with Crippen molar-refractivity contribution < 1.29 is 4.52 Å². The fourth-order valence-corrected chi connectivity index (χ4v) is 0.717. The average Bonchev–Trinajstić information content (AvgIpc) is 2.59. The summed E-state index contributed by atoms with van der Waals surface area (Å²) >= 11 is 0. The summed E-state index contributed by atoms with van der Waals surface area (Å²) < 4.78 is 4.54. The summed E-state index contributed by atoms with van der Waals surface area (Å²) in [6.45, 7) is 0. The van der Waals surface area contributed by atoms with Gasteiger partial charge in [-0.3, -0.25) is 0 Å². The lowest BCUT2D eigenvalue weighted by Gasteiger charge is -1.79. The van der Waals surface area contributed by atoms with Gasteiger partial charge in [-0.25, -0.2) is 0 Å². The zero-order chi connectivity index (χ0) is 6.81. The maximum atomic E-state index is 4.54. The number of aromatic nitrogens is 3. The third kappa shape index (κ3) is 0.699. The molecule has 2 heterocycles. The number of hydrogen-bond donors (Lipinski definition) is 1. The molecule has 2 aromatic heterocycles. The van der Waals surface area contributed by atoms with Crippen LogP contribution in [-0.4, -0.2) is 15.4 Å². The first kappa shape index (κ1) is 5.22. The highest BCUT2D eigenvalue weighted by molar-refractivity contribution is 5.54. The van der Waals surface area contributed by atoms with Crippen LogP contribution < -0.4 is 0 Å². The molecule has 0 saturated heterocycles. The van der Waals surface area contributed by atoms with Crippen LogP contribution in [0.15, 0.2) is 23.0 Å². The minimum absolute atomic E-state index is 0.696. The first-order valence-corrected chi connectivity index (χ1v) is 2.79. The normalized spacial score (nSPS) is 10.0. The van der Waals surface area contributed by atoms with Crippen molar-refractivity contribution in [3.8, 4) is 11.3 Å². The molecule has 0 aromatic carbocycles. The van der Waals surface area contributed by atoms with Crippen molar-refractivity contribution in [3.05, 3.63) is 24.7 Å². The molecule has 1 radical (unpaired) electrons. The van der Waals surface area contributed by atoms with E-state index in [-0.39, 0.29) is 0 Å². The van der Waals surface area contributed by atoms with E-state index in [0.29, 0.717) is 5.69 Å². The van der Waals surface area contributed by atoms with Crippen molar-refractivity contribution >= 4 is 0 Å². The molecule has 2 aromatic rings. The third-order valence-corrected chi connectivity index (χ3v) is 1.18. The van der Waals surface area contributed by atoms with Crippen LogP contribution in [0.2, 0.25) is 0 Å². The lowest BCUT2D eigenvalue weighted by Crippen LogP contribution is -1.71. The van der Waals surface area contributed by atoms with Gasteiger partial charge in [-0.05, 0) is 6.07 Å². The summed E-state index contributed by atoms with van der Waals surface area (Å²) in [4.78, 5) is 2.78. The average molecular weight is 134 g/mol. The summed E-state index contributed by atoms with van der Waals surface area (Å²) in [6.07, 6.45) is 6.09. The third-order valence-electron chi connectivity index (χ3n) is 1.18. The lowest BCUT2D eigenvalue weighted by atomic mass is 10.3. The van der Waals surface area contributed by atoms with Gasteiger partial charge in [0.25, 0.3) is 0 Å². The van der Waals surface area contributed by atoms with Gasteiger partial charge in [0.15, 0.2) is 6.26 Å². The molecule has 0 fully saturated rings. The molecule has 4 heteroatoms. The topological polar surface area (TPSA) is 54.7 Å². The molecule has 0 spiro atoms. The fraction of sp³-hybridized carbons (Fsp3) is 0. The van der Waals surface area contributed by atoms with Gasteiger partial charge in [0, 0.05) is 17.0 Å². The van der Waals surface area contributed by atoms with Crippen molar-refractivity contribution in [2.24, 2.45) is 0 Å². The molecule has 49 valence electrons. The molecular weight excluding hydrogens is 130 g/mol. The predicted octanol–water partition coefficient (Wildman–Crippen LogP) is 0.865. The molecule has 4 nitrogen and oxygen atoms in total. The van der Waals surface area contributed by atoms with E-state index in [1.54, 1.807) is 6.20 Å². The van der Waals surface area contributed by atoms with Gasteiger partial charge < -0.3 is 9.51 Å². The first-order valence-electron chi connectivity index (χ1n) is 2.79. The number of H-pyrrole nitrogens is 1. The molecule has 1 N–H and O–H groups in total. The highest BCUT2D eigenvalue weighted by atomic mass is 16.5. The Bertz CT molecular complexity index is 252. The fourth-order valence-electron chi connectivity index (χ4n) is 0.717. The van der Waals surface area contributed by atoms with Gasteiger partial charge in [-0.1, -0.05) is 0 Å².